The second-order valence-electron chi connectivity index (χ2n) is 5.24. The van der Waals surface area contributed by atoms with E-state index in [-0.39, 0.29) is 11.8 Å². The van der Waals surface area contributed by atoms with E-state index < -0.39 is 0 Å². The van der Waals surface area contributed by atoms with Crippen LogP contribution in [0.2, 0.25) is 0 Å². The van der Waals surface area contributed by atoms with Crippen LogP contribution in [0.15, 0.2) is 54.6 Å². The van der Waals surface area contributed by atoms with Crippen LogP contribution in [-0.4, -0.2) is 11.8 Å². The van der Waals surface area contributed by atoms with Crippen molar-refractivity contribution in [1.82, 2.24) is 10.9 Å². The van der Waals surface area contributed by atoms with Gasteiger partial charge in [0, 0.05) is 11.6 Å². The topological polar surface area (TPSA) is 58.2 Å². The first-order valence-electron chi connectivity index (χ1n) is 7.52. The summed E-state index contributed by atoms with van der Waals surface area (Å²) in [6.07, 6.45) is 3.99. The molecular weight excluding hydrogens is 288 g/mol. The van der Waals surface area contributed by atoms with E-state index in [0.29, 0.717) is 5.56 Å². The Morgan fingerprint density at radius 2 is 1.61 bits per heavy atom. The van der Waals surface area contributed by atoms with Gasteiger partial charge < -0.3 is 0 Å². The third-order valence-corrected chi connectivity index (χ3v) is 3.43. The minimum absolute atomic E-state index is 0.343. The number of hydrogen-bond acceptors (Lipinski definition) is 2. The zero-order valence-electron chi connectivity index (χ0n) is 13.3. The van der Waals surface area contributed by atoms with Crippen LogP contribution in [0.1, 0.15) is 34.0 Å². The number of carbonyl (C=O) groups excluding carboxylic acids is 2. The molecule has 2 rings (SSSR count). The molecule has 0 aliphatic carbocycles. The molecule has 2 aromatic carbocycles. The maximum Gasteiger partial charge on any atom is 0.269 e. The van der Waals surface area contributed by atoms with Gasteiger partial charge in [-0.25, -0.2) is 0 Å². The predicted octanol–water partition coefficient (Wildman–Crippen LogP) is 3.03. The molecule has 0 aliphatic rings. The summed E-state index contributed by atoms with van der Waals surface area (Å²) < 4.78 is 0. The quantitative estimate of drug-likeness (QED) is 0.674. The molecule has 0 bridgehead atoms. The average Bonchev–Trinajstić information content (AvgIpc) is 2.59. The van der Waals surface area contributed by atoms with Crippen molar-refractivity contribution in [2.75, 3.05) is 0 Å². The van der Waals surface area contributed by atoms with Gasteiger partial charge in [-0.15, -0.1) is 0 Å². The second kappa shape index (κ2) is 7.94. The molecule has 2 amide bonds. The lowest BCUT2D eigenvalue weighted by Gasteiger charge is -2.06. The van der Waals surface area contributed by atoms with E-state index in [2.05, 4.69) is 17.8 Å². The molecule has 0 heterocycles. The Hall–Kier alpha value is -2.88. The number of amides is 2. The number of rotatable bonds is 4. The number of aryl methyl sites for hydroxylation is 2. The number of hydrazine groups is 1. The van der Waals surface area contributed by atoms with Gasteiger partial charge in [-0.2, -0.15) is 0 Å². The van der Waals surface area contributed by atoms with Crippen LogP contribution in [0.5, 0.6) is 0 Å². The van der Waals surface area contributed by atoms with Crippen LogP contribution >= 0.6 is 0 Å². The summed E-state index contributed by atoms with van der Waals surface area (Å²) in [4.78, 5) is 23.6. The minimum atomic E-state index is -0.385. The Morgan fingerprint density at radius 3 is 2.22 bits per heavy atom. The van der Waals surface area contributed by atoms with Crippen molar-refractivity contribution in [1.29, 1.82) is 0 Å². The predicted molar refractivity (Wildman–Crippen MR) is 91.6 cm³/mol. The van der Waals surface area contributed by atoms with Gasteiger partial charge in [0.15, 0.2) is 0 Å². The Bertz CT molecular complexity index is 701. The van der Waals surface area contributed by atoms with E-state index >= 15 is 0 Å². The molecule has 4 nitrogen and oxygen atoms in total. The van der Waals surface area contributed by atoms with Crippen molar-refractivity contribution in [3.8, 4) is 0 Å². The van der Waals surface area contributed by atoms with Crippen molar-refractivity contribution >= 4 is 17.9 Å². The summed E-state index contributed by atoms with van der Waals surface area (Å²) in [6.45, 7) is 4.05. The summed E-state index contributed by atoms with van der Waals surface area (Å²) in [6, 6.07) is 15.1. The molecule has 2 N–H and O–H groups in total. The molecule has 0 radical (unpaired) electrons. The lowest BCUT2D eigenvalue weighted by atomic mass is 10.1. The third-order valence-electron chi connectivity index (χ3n) is 3.43. The Labute approximate surface area is 136 Å². The first-order valence-corrected chi connectivity index (χ1v) is 7.52. The fourth-order valence-electron chi connectivity index (χ4n) is 1.97. The first-order chi connectivity index (χ1) is 11.1. The largest absolute Gasteiger partial charge is 0.269 e. The molecule has 0 saturated carbocycles. The van der Waals surface area contributed by atoms with Gasteiger partial charge in [-0.3, -0.25) is 20.4 Å². The standard InChI is InChI=1S/C19H20N2O2/c1-3-15-8-11-17(12-9-15)19(23)21-20-18(22)13-10-16-6-4-14(2)5-7-16/h4-13H,3H2,1-2H3,(H,20,22)(H,21,23)/b13-10+. The van der Waals surface area contributed by atoms with Gasteiger partial charge in [0.05, 0.1) is 0 Å². The van der Waals surface area contributed by atoms with Crippen molar-refractivity contribution < 1.29 is 9.59 Å². The summed E-state index contributed by atoms with van der Waals surface area (Å²) in [7, 11) is 0. The lowest BCUT2D eigenvalue weighted by Crippen LogP contribution is -2.40. The summed E-state index contributed by atoms with van der Waals surface area (Å²) >= 11 is 0. The van der Waals surface area contributed by atoms with Crippen LogP contribution < -0.4 is 10.9 Å². The number of hydrogen-bond donors (Lipinski definition) is 2. The highest BCUT2D eigenvalue weighted by molar-refractivity contribution is 5.97. The minimum Gasteiger partial charge on any atom is -0.268 e. The number of carbonyl (C=O) groups is 2. The van der Waals surface area contributed by atoms with Gasteiger partial charge in [0.1, 0.15) is 0 Å². The van der Waals surface area contributed by atoms with Gasteiger partial charge in [0.25, 0.3) is 11.8 Å². The Balaban J connectivity index is 1.85. The molecular formula is C19H20N2O2. The van der Waals surface area contributed by atoms with E-state index in [1.54, 1.807) is 18.2 Å². The number of benzene rings is 2. The van der Waals surface area contributed by atoms with Crippen molar-refractivity contribution in [2.24, 2.45) is 0 Å². The van der Waals surface area contributed by atoms with Crippen LogP contribution in [-0.2, 0) is 11.2 Å². The summed E-state index contributed by atoms with van der Waals surface area (Å²) in [5, 5.41) is 0. The fraction of sp³-hybridized carbons (Fsp3) is 0.158. The molecule has 4 heteroatoms. The highest BCUT2D eigenvalue weighted by Crippen LogP contribution is 2.05. The molecule has 0 fully saturated rings. The molecule has 0 atom stereocenters. The monoisotopic (exact) mass is 308 g/mol. The molecule has 2 aromatic rings. The van der Waals surface area contributed by atoms with E-state index in [1.165, 1.54) is 6.08 Å². The summed E-state index contributed by atoms with van der Waals surface area (Å²) in [5.41, 5.74) is 8.50. The van der Waals surface area contributed by atoms with Crippen LogP contribution in [0.4, 0.5) is 0 Å². The molecule has 0 saturated heterocycles. The Morgan fingerprint density at radius 1 is 0.957 bits per heavy atom. The zero-order valence-corrected chi connectivity index (χ0v) is 13.3. The maximum atomic E-state index is 11.9. The van der Waals surface area contributed by atoms with E-state index in [0.717, 1.165) is 23.1 Å². The molecule has 118 valence electrons. The van der Waals surface area contributed by atoms with Gasteiger partial charge in [0.2, 0.25) is 0 Å². The third kappa shape index (κ3) is 5.11. The van der Waals surface area contributed by atoms with Gasteiger partial charge >= 0.3 is 0 Å². The normalized spacial score (nSPS) is 10.5. The van der Waals surface area contributed by atoms with Crippen LogP contribution in [0.3, 0.4) is 0 Å². The molecule has 23 heavy (non-hydrogen) atoms. The lowest BCUT2D eigenvalue weighted by molar-refractivity contribution is -0.117. The van der Waals surface area contributed by atoms with Crippen LogP contribution in [0.25, 0.3) is 6.08 Å². The molecule has 0 unspecified atom stereocenters. The fourth-order valence-corrected chi connectivity index (χ4v) is 1.97. The molecule has 0 spiro atoms. The van der Waals surface area contributed by atoms with E-state index in [1.807, 2.05) is 43.3 Å². The van der Waals surface area contributed by atoms with Crippen molar-refractivity contribution in [3.05, 3.63) is 76.9 Å². The van der Waals surface area contributed by atoms with Gasteiger partial charge in [-0.05, 0) is 42.7 Å². The highest BCUT2D eigenvalue weighted by Gasteiger charge is 2.05. The van der Waals surface area contributed by atoms with Gasteiger partial charge in [-0.1, -0.05) is 48.9 Å². The Kier molecular flexibility index (Phi) is 5.69. The zero-order chi connectivity index (χ0) is 16.7. The number of nitrogens with one attached hydrogen (secondary N) is 2. The highest BCUT2D eigenvalue weighted by atomic mass is 16.2. The smallest absolute Gasteiger partial charge is 0.268 e. The molecule has 0 aromatic heterocycles. The second-order valence-corrected chi connectivity index (χ2v) is 5.24. The SMILES string of the molecule is CCc1ccc(C(=O)NNC(=O)/C=C/c2ccc(C)cc2)cc1. The maximum absolute atomic E-state index is 11.9. The van der Waals surface area contributed by atoms with Crippen LogP contribution in [0, 0.1) is 6.92 Å². The van der Waals surface area contributed by atoms with E-state index in [4.69, 9.17) is 0 Å². The van der Waals surface area contributed by atoms with Crippen molar-refractivity contribution in [3.63, 3.8) is 0 Å². The van der Waals surface area contributed by atoms with Crippen molar-refractivity contribution in [2.45, 2.75) is 20.3 Å². The molecule has 0 aliphatic heterocycles. The average molecular weight is 308 g/mol. The first kappa shape index (κ1) is 16.5. The van der Waals surface area contributed by atoms with E-state index in [9.17, 15) is 9.59 Å². The summed E-state index contributed by atoms with van der Waals surface area (Å²) in [5.74, 6) is -0.728.